The summed E-state index contributed by atoms with van der Waals surface area (Å²) in [5.74, 6) is -0.411. The van der Waals surface area contributed by atoms with Crippen LogP contribution in [0.4, 0.5) is 0 Å². The molecule has 0 bridgehead atoms. The Morgan fingerprint density at radius 2 is 2.07 bits per heavy atom. The summed E-state index contributed by atoms with van der Waals surface area (Å²) in [6.07, 6.45) is 6.73. The average molecular weight is 198 g/mol. The SMILES string of the molecule is NC(=O)C=CCNC1CCC(O)CC1. The van der Waals surface area contributed by atoms with Gasteiger partial charge in [0.15, 0.2) is 0 Å². The Morgan fingerprint density at radius 1 is 1.43 bits per heavy atom. The highest BCUT2D eigenvalue weighted by Crippen LogP contribution is 2.17. The zero-order valence-electron chi connectivity index (χ0n) is 8.28. The zero-order valence-corrected chi connectivity index (χ0v) is 8.28. The van der Waals surface area contributed by atoms with Crippen molar-refractivity contribution in [1.82, 2.24) is 5.32 Å². The number of carbonyl (C=O) groups excluding carboxylic acids is 1. The van der Waals surface area contributed by atoms with Crippen molar-refractivity contribution in [2.24, 2.45) is 5.73 Å². The number of aliphatic hydroxyl groups is 1. The summed E-state index contributed by atoms with van der Waals surface area (Å²) in [4.78, 5) is 10.4. The molecule has 1 saturated carbocycles. The Labute approximate surface area is 84.2 Å². The Kier molecular flexibility index (Phi) is 4.62. The monoisotopic (exact) mass is 198 g/mol. The van der Waals surface area contributed by atoms with Crippen molar-refractivity contribution < 1.29 is 9.90 Å². The van der Waals surface area contributed by atoms with Gasteiger partial charge < -0.3 is 16.2 Å². The lowest BCUT2D eigenvalue weighted by Crippen LogP contribution is -2.34. The number of carbonyl (C=O) groups is 1. The molecule has 0 saturated heterocycles. The third-order valence-electron chi connectivity index (χ3n) is 2.50. The molecule has 0 unspecified atom stereocenters. The molecule has 0 atom stereocenters. The van der Waals surface area contributed by atoms with E-state index in [1.807, 2.05) is 0 Å². The molecule has 4 nitrogen and oxygen atoms in total. The molecule has 0 heterocycles. The second kappa shape index (κ2) is 5.78. The molecular formula is C10H18N2O2. The van der Waals surface area contributed by atoms with Crippen molar-refractivity contribution in [1.29, 1.82) is 0 Å². The van der Waals surface area contributed by atoms with Gasteiger partial charge >= 0.3 is 0 Å². The van der Waals surface area contributed by atoms with Gasteiger partial charge in [0.2, 0.25) is 5.91 Å². The maximum Gasteiger partial charge on any atom is 0.241 e. The lowest BCUT2D eigenvalue weighted by Gasteiger charge is -2.25. The van der Waals surface area contributed by atoms with Crippen molar-refractivity contribution in [3.8, 4) is 0 Å². The van der Waals surface area contributed by atoms with Gasteiger partial charge in [0, 0.05) is 12.6 Å². The van der Waals surface area contributed by atoms with Crippen molar-refractivity contribution in [2.75, 3.05) is 6.54 Å². The van der Waals surface area contributed by atoms with Crippen LogP contribution in [0.5, 0.6) is 0 Å². The van der Waals surface area contributed by atoms with Gasteiger partial charge in [-0.2, -0.15) is 0 Å². The third kappa shape index (κ3) is 4.39. The summed E-state index contributed by atoms with van der Waals surface area (Å²) in [5, 5.41) is 12.6. The fourth-order valence-electron chi connectivity index (χ4n) is 1.69. The van der Waals surface area contributed by atoms with Crippen LogP contribution in [-0.2, 0) is 4.79 Å². The molecule has 4 heteroatoms. The van der Waals surface area contributed by atoms with Crippen LogP contribution in [-0.4, -0.2) is 29.7 Å². The standard InChI is InChI=1S/C10H18N2O2/c11-10(14)2-1-7-12-8-3-5-9(13)6-4-8/h1-2,8-9,12-13H,3-7H2,(H2,11,14). The smallest absolute Gasteiger partial charge is 0.241 e. The molecule has 80 valence electrons. The summed E-state index contributed by atoms with van der Waals surface area (Å²) < 4.78 is 0. The van der Waals surface area contributed by atoms with Crippen molar-refractivity contribution in [2.45, 2.75) is 37.8 Å². The van der Waals surface area contributed by atoms with E-state index in [9.17, 15) is 9.90 Å². The second-order valence-electron chi connectivity index (χ2n) is 3.72. The van der Waals surface area contributed by atoms with E-state index < -0.39 is 5.91 Å². The Balaban J connectivity index is 2.10. The van der Waals surface area contributed by atoms with E-state index in [1.54, 1.807) is 6.08 Å². The molecule has 1 amide bonds. The van der Waals surface area contributed by atoms with Gasteiger partial charge in [0.1, 0.15) is 0 Å². The molecule has 0 aromatic carbocycles. The van der Waals surface area contributed by atoms with E-state index in [1.165, 1.54) is 6.08 Å². The highest BCUT2D eigenvalue weighted by atomic mass is 16.3. The Hall–Kier alpha value is -0.870. The molecule has 14 heavy (non-hydrogen) atoms. The van der Waals surface area contributed by atoms with Crippen LogP contribution in [0.2, 0.25) is 0 Å². The second-order valence-corrected chi connectivity index (χ2v) is 3.72. The van der Waals surface area contributed by atoms with E-state index in [0.29, 0.717) is 12.6 Å². The topological polar surface area (TPSA) is 75.4 Å². The van der Waals surface area contributed by atoms with Gasteiger partial charge in [0.05, 0.1) is 6.10 Å². The quantitative estimate of drug-likeness (QED) is 0.553. The molecule has 1 rings (SSSR count). The zero-order chi connectivity index (χ0) is 10.4. The van der Waals surface area contributed by atoms with Crippen LogP contribution in [0.25, 0.3) is 0 Å². The fraction of sp³-hybridized carbons (Fsp3) is 0.700. The predicted octanol–water partition coefficient (Wildman–Crippen LogP) is -0.0790. The summed E-state index contributed by atoms with van der Waals surface area (Å²) in [6, 6.07) is 0.468. The van der Waals surface area contributed by atoms with Crippen molar-refractivity contribution in [3.05, 3.63) is 12.2 Å². The van der Waals surface area contributed by atoms with Crippen LogP contribution < -0.4 is 11.1 Å². The fourth-order valence-corrected chi connectivity index (χ4v) is 1.69. The van der Waals surface area contributed by atoms with E-state index in [-0.39, 0.29) is 6.10 Å². The highest BCUT2D eigenvalue weighted by molar-refractivity contribution is 5.85. The van der Waals surface area contributed by atoms with Crippen LogP contribution in [0.15, 0.2) is 12.2 Å². The first kappa shape index (κ1) is 11.2. The lowest BCUT2D eigenvalue weighted by atomic mass is 9.93. The minimum Gasteiger partial charge on any atom is -0.393 e. The first-order valence-electron chi connectivity index (χ1n) is 5.06. The van der Waals surface area contributed by atoms with Crippen LogP contribution in [0.3, 0.4) is 0 Å². The van der Waals surface area contributed by atoms with Gasteiger partial charge in [-0.05, 0) is 31.8 Å². The van der Waals surface area contributed by atoms with Gasteiger partial charge in [-0.1, -0.05) is 6.08 Å². The molecule has 4 N–H and O–H groups in total. The maximum absolute atomic E-state index is 10.4. The predicted molar refractivity (Wildman–Crippen MR) is 54.6 cm³/mol. The number of nitrogens with one attached hydrogen (secondary N) is 1. The number of aliphatic hydroxyl groups excluding tert-OH is 1. The molecule has 1 aliphatic rings. The van der Waals surface area contributed by atoms with E-state index >= 15 is 0 Å². The van der Waals surface area contributed by atoms with Gasteiger partial charge in [-0.25, -0.2) is 0 Å². The molecular weight excluding hydrogens is 180 g/mol. The van der Waals surface area contributed by atoms with E-state index in [4.69, 9.17) is 5.73 Å². The number of primary amides is 1. The minimum atomic E-state index is -0.411. The normalized spacial score (nSPS) is 28.1. The first-order valence-corrected chi connectivity index (χ1v) is 5.06. The van der Waals surface area contributed by atoms with E-state index in [2.05, 4.69) is 5.32 Å². The number of amides is 1. The lowest BCUT2D eigenvalue weighted by molar-refractivity contribution is -0.113. The Bertz CT molecular complexity index is 208. The molecule has 0 aromatic rings. The van der Waals surface area contributed by atoms with Crippen LogP contribution >= 0.6 is 0 Å². The number of rotatable bonds is 4. The number of hydrogen-bond acceptors (Lipinski definition) is 3. The number of nitrogens with two attached hydrogens (primary N) is 1. The van der Waals surface area contributed by atoms with Crippen LogP contribution in [0, 0.1) is 0 Å². The van der Waals surface area contributed by atoms with Crippen LogP contribution in [0.1, 0.15) is 25.7 Å². The molecule has 1 aliphatic carbocycles. The van der Waals surface area contributed by atoms with E-state index in [0.717, 1.165) is 25.7 Å². The molecule has 1 fully saturated rings. The maximum atomic E-state index is 10.4. The largest absolute Gasteiger partial charge is 0.393 e. The molecule has 0 radical (unpaired) electrons. The summed E-state index contributed by atoms with van der Waals surface area (Å²) >= 11 is 0. The van der Waals surface area contributed by atoms with Gasteiger partial charge in [-0.15, -0.1) is 0 Å². The first-order chi connectivity index (χ1) is 6.68. The van der Waals surface area contributed by atoms with Crippen molar-refractivity contribution >= 4 is 5.91 Å². The summed E-state index contributed by atoms with van der Waals surface area (Å²) in [5.41, 5.74) is 4.94. The molecule has 0 spiro atoms. The molecule has 0 aromatic heterocycles. The van der Waals surface area contributed by atoms with Gasteiger partial charge in [0.25, 0.3) is 0 Å². The minimum absolute atomic E-state index is 0.116. The van der Waals surface area contributed by atoms with Gasteiger partial charge in [-0.3, -0.25) is 4.79 Å². The Morgan fingerprint density at radius 3 is 2.64 bits per heavy atom. The van der Waals surface area contributed by atoms with Crippen molar-refractivity contribution in [3.63, 3.8) is 0 Å². The summed E-state index contributed by atoms with van der Waals surface area (Å²) in [6.45, 7) is 0.670. The molecule has 0 aliphatic heterocycles. The number of hydrogen-bond donors (Lipinski definition) is 3. The third-order valence-corrected chi connectivity index (χ3v) is 2.50. The highest BCUT2D eigenvalue weighted by Gasteiger charge is 2.17. The summed E-state index contributed by atoms with van der Waals surface area (Å²) in [7, 11) is 0. The average Bonchev–Trinajstić information content (AvgIpc) is 2.15.